The number of para-hydroxylation sites is 1. The van der Waals surface area contributed by atoms with Gasteiger partial charge in [0, 0.05) is 11.6 Å². The van der Waals surface area contributed by atoms with E-state index in [1.165, 1.54) is 0 Å². The molecule has 2 aromatic carbocycles. The molecule has 6 heteroatoms. The number of hydrogen-bond acceptors (Lipinski definition) is 4. The first-order valence-electron chi connectivity index (χ1n) is 9.29. The molecule has 142 valence electrons. The standard InChI is InChI=1S/C22H21N3O3/c1-15-12-18(15)22(27)28-14-21(26)23-20-13-19(16-8-4-2-5-9-16)24-25(20)17-10-6-3-7-11-17/h2-11,13,15,18H,12,14H2,1H3,(H,23,26)/t15-,18-/m1/s1. The first kappa shape index (κ1) is 18.0. The Labute approximate surface area is 163 Å². The number of nitrogens with zero attached hydrogens (tertiary/aromatic N) is 2. The Morgan fingerprint density at radius 2 is 1.75 bits per heavy atom. The molecule has 1 amide bonds. The zero-order valence-electron chi connectivity index (χ0n) is 15.5. The van der Waals surface area contributed by atoms with E-state index in [1.807, 2.05) is 73.7 Å². The maximum absolute atomic E-state index is 12.3. The number of rotatable bonds is 6. The molecule has 3 aromatic rings. The van der Waals surface area contributed by atoms with E-state index >= 15 is 0 Å². The van der Waals surface area contributed by atoms with Crippen LogP contribution in [-0.4, -0.2) is 28.3 Å². The summed E-state index contributed by atoms with van der Waals surface area (Å²) in [5.41, 5.74) is 2.51. The van der Waals surface area contributed by atoms with Crippen LogP contribution in [0.4, 0.5) is 5.82 Å². The minimum Gasteiger partial charge on any atom is -0.455 e. The van der Waals surface area contributed by atoms with Gasteiger partial charge in [-0.1, -0.05) is 55.5 Å². The average molecular weight is 375 g/mol. The Balaban J connectivity index is 1.54. The maximum atomic E-state index is 12.3. The van der Waals surface area contributed by atoms with E-state index < -0.39 is 5.91 Å². The van der Waals surface area contributed by atoms with Gasteiger partial charge in [-0.3, -0.25) is 9.59 Å². The van der Waals surface area contributed by atoms with Gasteiger partial charge in [-0.25, -0.2) is 4.68 Å². The molecular formula is C22H21N3O3. The lowest BCUT2D eigenvalue weighted by atomic mass is 10.2. The molecule has 1 fully saturated rings. The van der Waals surface area contributed by atoms with Gasteiger partial charge in [-0.15, -0.1) is 0 Å². The molecule has 1 saturated carbocycles. The number of carbonyl (C=O) groups excluding carboxylic acids is 2. The van der Waals surface area contributed by atoms with Crippen LogP contribution in [-0.2, 0) is 14.3 Å². The molecule has 0 aliphatic heterocycles. The third kappa shape index (κ3) is 3.96. The Kier molecular flexibility index (Phi) is 4.93. The highest BCUT2D eigenvalue weighted by Crippen LogP contribution is 2.38. The van der Waals surface area contributed by atoms with Crippen molar-refractivity contribution in [3.05, 3.63) is 66.7 Å². The predicted molar refractivity (Wildman–Crippen MR) is 106 cm³/mol. The van der Waals surface area contributed by atoms with E-state index in [-0.39, 0.29) is 18.5 Å². The Morgan fingerprint density at radius 3 is 2.39 bits per heavy atom. The monoisotopic (exact) mass is 375 g/mol. The van der Waals surface area contributed by atoms with Gasteiger partial charge < -0.3 is 10.1 Å². The van der Waals surface area contributed by atoms with Crippen molar-refractivity contribution in [2.75, 3.05) is 11.9 Å². The summed E-state index contributed by atoms with van der Waals surface area (Å²) in [6, 6.07) is 21.1. The summed E-state index contributed by atoms with van der Waals surface area (Å²) in [4.78, 5) is 24.2. The lowest BCUT2D eigenvalue weighted by molar-refractivity contribution is -0.148. The third-order valence-corrected chi connectivity index (χ3v) is 4.80. The number of ether oxygens (including phenoxy) is 1. The van der Waals surface area contributed by atoms with Crippen LogP contribution in [0.3, 0.4) is 0 Å². The molecule has 6 nitrogen and oxygen atoms in total. The maximum Gasteiger partial charge on any atom is 0.309 e. The molecular weight excluding hydrogens is 354 g/mol. The van der Waals surface area contributed by atoms with Crippen LogP contribution in [0.2, 0.25) is 0 Å². The fourth-order valence-corrected chi connectivity index (χ4v) is 3.06. The molecule has 1 heterocycles. The van der Waals surface area contributed by atoms with E-state index in [0.29, 0.717) is 11.7 Å². The van der Waals surface area contributed by atoms with Gasteiger partial charge in [0.15, 0.2) is 6.61 Å². The van der Waals surface area contributed by atoms with Crippen LogP contribution in [0.15, 0.2) is 66.7 Å². The van der Waals surface area contributed by atoms with Crippen molar-refractivity contribution in [2.24, 2.45) is 11.8 Å². The average Bonchev–Trinajstić information content (AvgIpc) is 3.32. The van der Waals surface area contributed by atoms with Crippen LogP contribution < -0.4 is 5.32 Å². The highest BCUT2D eigenvalue weighted by molar-refractivity contribution is 5.93. The molecule has 1 N–H and O–H groups in total. The van der Waals surface area contributed by atoms with Crippen molar-refractivity contribution in [2.45, 2.75) is 13.3 Å². The first-order valence-corrected chi connectivity index (χ1v) is 9.29. The SMILES string of the molecule is C[C@@H]1C[C@H]1C(=O)OCC(=O)Nc1cc(-c2ccccc2)nn1-c1ccccc1. The zero-order chi connectivity index (χ0) is 19.5. The van der Waals surface area contributed by atoms with Crippen LogP contribution >= 0.6 is 0 Å². The van der Waals surface area contributed by atoms with E-state index in [0.717, 1.165) is 23.4 Å². The van der Waals surface area contributed by atoms with Crippen molar-refractivity contribution >= 4 is 17.7 Å². The van der Waals surface area contributed by atoms with Crippen molar-refractivity contribution in [3.63, 3.8) is 0 Å². The molecule has 4 rings (SSSR count). The second-order valence-electron chi connectivity index (χ2n) is 7.00. The molecule has 0 unspecified atom stereocenters. The lowest BCUT2D eigenvalue weighted by Gasteiger charge is -2.09. The molecule has 28 heavy (non-hydrogen) atoms. The minimum atomic E-state index is -0.390. The van der Waals surface area contributed by atoms with Gasteiger partial charge in [-0.2, -0.15) is 5.10 Å². The number of esters is 1. The summed E-state index contributed by atoms with van der Waals surface area (Å²) in [5.74, 6) is 0.115. The number of aromatic nitrogens is 2. The van der Waals surface area contributed by atoms with Crippen LogP contribution in [0.5, 0.6) is 0 Å². The van der Waals surface area contributed by atoms with Crippen LogP contribution in [0.1, 0.15) is 13.3 Å². The minimum absolute atomic E-state index is 0.0627. The quantitative estimate of drug-likeness (QED) is 0.667. The molecule has 0 bridgehead atoms. The predicted octanol–water partition coefficient (Wildman–Crippen LogP) is 3.68. The molecule has 2 atom stereocenters. The smallest absolute Gasteiger partial charge is 0.309 e. The second-order valence-corrected chi connectivity index (χ2v) is 7.00. The van der Waals surface area contributed by atoms with Gasteiger partial charge in [-0.05, 0) is 24.5 Å². The molecule has 0 radical (unpaired) electrons. The fraction of sp³-hybridized carbons (Fsp3) is 0.227. The van der Waals surface area contributed by atoms with E-state index in [4.69, 9.17) is 4.74 Å². The topological polar surface area (TPSA) is 73.2 Å². The molecule has 0 spiro atoms. The van der Waals surface area contributed by atoms with E-state index in [1.54, 1.807) is 4.68 Å². The Morgan fingerprint density at radius 1 is 1.11 bits per heavy atom. The van der Waals surface area contributed by atoms with E-state index in [2.05, 4.69) is 10.4 Å². The first-order chi connectivity index (χ1) is 13.6. The highest BCUT2D eigenvalue weighted by atomic mass is 16.5. The summed E-state index contributed by atoms with van der Waals surface area (Å²) < 4.78 is 6.80. The van der Waals surface area contributed by atoms with Gasteiger partial charge in [0.1, 0.15) is 5.82 Å². The Hall–Kier alpha value is -3.41. The molecule has 1 aliphatic rings. The summed E-state index contributed by atoms with van der Waals surface area (Å²) in [6.07, 6.45) is 0.835. The number of hydrogen-bond donors (Lipinski definition) is 1. The summed E-state index contributed by atoms with van der Waals surface area (Å²) >= 11 is 0. The van der Waals surface area contributed by atoms with Gasteiger partial charge >= 0.3 is 5.97 Å². The normalized spacial score (nSPS) is 17.8. The largest absolute Gasteiger partial charge is 0.455 e. The lowest BCUT2D eigenvalue weighted by Crippen LogP contribution is -2.23. The van der Waals surface area contributed by atoms with Crippen LogP contribution in [0.25, 0.3) is 16.9 Å². The summed E-state index contributed by atoms with van der Waals surface area (Å²) in [6.45, 7) is 1.69. The summed E-state index contributed by atoms with van der Waals surface area (Å²) in [5, 5.41) is 7.45. The number of anilines is 1. The van der Waals surface area contributed by atoms with Crippen LogP contribution in [0, 0.1) is 11.8 Å². The number of carbonyl (C=O) groups is 2. The highest BCUT2D eigenvalue weighted by Gasteiger charge is 2.40. The molecule has 1 aliphatic carbocycles. The fourth-order valence-electron chi connectivity index (χ4n) is 3.06. The van der Waals surface area contributed by atoms with Crippen molar-refractivity contribution in [1.82, 2.24) is 9.78 Å². The van der Waals surface area contributed by atoms with Crippen molar-refractivity contribution in [1.29, 1.82) is 0 Å². The second kappa shape index (κ2) is 7.68. The van der Waals surface area contributed by atoms with E-state index in [9.17, 15) is 9.59 Å². The Bertz CT molecular complexity index is 983. The van der Waals surface area contributed by atoms with Crippen molar-refractivity contribution in [3.8, 4) is 16.9 Å². The molecule has 1 aromatic heterocycles. The van der Waals surface area contributed by atoms with Gasteiger partial charge in [0.25, 0.3) is 5.91 Å². The zero-order valence-corrected chi connectivity index (χ0v) is 15.5. The number of amides is 1. The third-order valence-electron chi connectivity index (χ3n) is 4.80. The number of nitrogens with one attached hydrogen (secondary N) is 1. The molecule has 0 saturated heterocycles. The summed E-state index contributed by atoms with van der Waals surface area (Å²) in [7, 11) is 0. The van der Waals surface area contributed by atoms with Gasteiger partial charge in [0.05, 0.1) is 17.3 Å². The number of benzene rings is 2. The van der Waals surface area contributed by atoms with Crippen molar-refractivity contribution < 1.29 is 14.3 Å². The van der Waals surface area contributed by atoms with Gasteiger partial charge in [0.2, 0.25) is 0 Å².